The number of ether oxygens (including phenoxy) is 1. The lowest BCUT2D eigenvalue weighted by Gasteiger charge is -2.39. The average Bonchev–Trinajstić information content (AvgIpc) is 2.56. The number of amides is 2. The molecule has 1 aromatic carbocycles. The van der Waals surface area contributed by atoms with Gasteiger partial charge in [0.25, 0.3) is 0 Å². The second-order valence-electron chi connectivity index (χ2n) is 6.62. The molecule has 0 bridgehead atoms. The lowest BCUT2D eigenvalue weighted by Crippen LogP contribution is -2.68. The molecule has 5 nitrogen and oxygen atoms in total. The van der Waals surface area contributed by atoms with Crippen LogP contribution in [0.25, 0.3) is 0 Å². The van der Waals surface area contributed by atoms with Gasteiger partial charge in [-0.25, -0.2) is 4.79 Å². The molecule has 0 radical (unpaired) electrons. The van der Waals surface area contributed by atoms with Crippen molar-refractivity contribution in [1.82, 2.24) is 10.2 Å². The second-order valence-corrected chi connectivity index (χ2v) is 6.62. The van der Waals surface area contributed by atoms with Crippen molar-refractivity contribution >= 4 is 12.0 Å². The van der Waals surface area contributed by atoms with E-state index >= 15 is 0 Å². The minimum Gasteiger partial charge on any atom is -0.410 e. The van der Waals surface area contributed by atoms with E-state index in [9.17, 15) is 9.59 Å². The Morgan fingerprint density at radius 1 is 1.17 bits per heavy atom. The van der Waals surface area contributed by atoms with Crippen molar-refractivity contribution in [1.29, 1.82) is 0 Å². The van der Waals surface area contributed by atoms with Crippen LogP contribution in [0.1, 0.15) is 50.5 Å². The summed E-state index contributed by atoms with van der Waals surface area (Å²) in [6, 6.07) is 7.33. The summed E-state index contributed by atoms with van der Waals surface area (Å²) >= 11 is 0. The maximum atomic E-state index is 12.1. The largest absolute Gasteiger partial charge is 0.415 e. The number of β-lactam (4-membered cyclic amide) rings is 1. The number of nitrogens with one attached hydrogen (secondary N) is 1. The molecule has 1 saturated carbocycles. The average molecular weight is 316 g/mol. The summed E-state index contributed by atoms with van der Waals surface area (Å²) in [6.45, 7) is 1.87. The molecular weight excluding hydrogens is 292 g/mol. The predicted octanol–water partition coefficient (Wildman–Crippen LogP) is 3.05. The first-order valence-corrected chi connectivity index (χ1v) is 8.41. The van der Waals surface area contributed by atoms with Crippen LogP contribution in [0.15, 0.2) is 24.3 Å². The van der Waals surface area contributed by atoms with Gasteiger partial charge >= 0.3 is 6.09 Å². The van der Waals surface area contributed by atoms with Gasteiger partial charge in [-0.1, -0.05) is 31.4 Å². The fourth-order valence-electron chi connectivity index (χ4n) is 3.56. The quantitative estimate of drug-likeness (QED) is 0.872. The normalized spacial score (nSPS) is 24.5. The van der Waals surface area contributed by atoms with Crippen molar-refractivity contribution in [3.8, 4) is 5.75 Å². The van der Waals surface area contributed by atoms with E-state index in [1.54, 1.807) is 7.05 Å². The summed E-state index contributed by atoms with van der Waals surface area (Å²) in [5.74, 6) is 1.02. The number of likely N-dealkylation sites (N-methyl/N-ethyl adjacent to an activating group) is 1. The van der Waals surface area contributed by atoms with E-state index in [1.807, 2.05) is 19.1 Å². The summed E-state index contributed by atoms with van der Waals surface area (Å²) < 4.78 is 5.38. The molecule has 0 spiro atoms. The predicted molar refractivity (Wildman–Crippen MR) is 87.4 cm³/mol. The summed E-state index contributed by atoms with van der Waals surface area (Å²) in [5.41, 5.74) is 1.32. The molecule has 5 heteroatoms. The third kappa shape index (κ3) is 3.33. The molecule has 1 N–H and O–H groups in total. The van der Waals surface area contributed by atoms with E-state index in [1.165, 1.54) is 42.6 Å². The molecule has 2 amide bonds. The smallest absolute Gasteiger partial charge is 0.410 e. The first kappa shape index (κ1) is 15.8. The molecule has 2 aliphatic rings. The van der Waals surface area contributed by atoms with E-state index in [0.717, 1.165) is 0 Å². The summed E-state index contributed by atoms with van der Waals surface area (Å²) in [7, 11) is 1.60. The number of hydrogen-bond acceptors (Lipinski definition) is 3. The molecule has 124 valence electrons. The van der Waals surface area contributed by atoms with Crippen LogP contribution in [0, 0.1) is 0 Å². The zero-order valence-electron chi connectivity index (χ0n) is 13.7. The van der Waals surface area contributed by atoms with E-state index < -0.39 is 12.1 Å². The number of benzene rings is 1. The summed E-state index contributed by atoms with van der Waals surface area (Å²) in [5, 5.41) is 2.71. The molecule has 1 aromatic rings. The van der Waals surface area contributed by atoms with Gasteiger partial charge < -0.3 is 10.1 Å². The second kappa shape index (κ2) is 6.60. The SMILES string of the molecule is C[C@@H]1NC(=O)[C@@H]1N(C)C(=O)Oc1ccc(C2CCCCC2)cc1. The Kier molecular flexibility index (Phi) is 4.55. The van der Waals surface area contributed by atoms with Crippen molar-refractivity contribution in [2.24, 2.45) is 0 Å². The van der Waals surface area contributed by atoms with E-state index in [2.05, 4.69) is 17.4 Å². The topological polar surface area (TPSA) is 58.6 Å². The van der Waals surface area contributed by atoms with E-state index in [0.29, 0.717) is 11.7 Å². The first-order valence-electron chi connectivity index (χ1n) is 8.41. The van der Waals surface area contributed by atoms with Crippen LogP contribution in [0.4, 0.5) is 4.79 Å². The lowest BCUT2D eigenvalue weighted by atomic mass is 9.84. The molecule has 0 aromatic heterocycles. The van der Waals surface area contributed by atoms with Gasteiger partial charge in [-0.3, -0.25) is 9.69 Å². The molecule has 0 unspecified atom stereocenters. The maximum Gasteiger partial charge on any atom is 0.415 e. The van der Waals surface area contributed by atoms with Crippen LogP contribution in [0.2, 0.25) is 0 Å². The van der Waals surface area contributed by atoms with E-state index in [4.69, 9.17) is 4.74 Å². The number of hydrogen-bond donors (Lipinski definition) is 1. The zero-order valence-corrected chi connectivity index (χ0v) is 13.7. The molecule has 1 aliphatic heterocycles. The molecule has 23 heavy (non-hydrogen) atoms. The zero-order chi connectivity index (χ0) is 16.4. The van der Waals surface area contributed by atoms with Crippen molar-refractivity contribution in [3.05, 3.63) is 29.8 Å². The number of carbonyl (C=O) groups excluding carboxylic acids is 2. The van der Waals surface area contributed by atoms with Gasteiger partial charge in [-0.15, -0.1) is 0 Å². The van der Waals surface area contributed by atoms with Crippen LogP contribution >= 0.6 is 0 Å². The minimum atomic E-state index is -0.498. The Balaban J connectivity index is 1.59. The highest BCUT2D eigenvalue weighted by Gasteiger charge is 2.41. The fraction of sp³-hybridized carbons (Fsp3) is 0.556. The standard InChI is InChI=1S/C18H24N2O3/c1-12-16(17(21)19-12)20(2)18(22)23-15-10-8-14(9-11-15)13-6-4-3-5-7-13/h8-13,16H,3-7H2,1-2H3,(H,19,21)/t12-,16+/m0/s1. The number of nitrogens with zero attached hydrogens (tertiary/aromatic N) is 1. The maximum absolute atomic E-state index is 12.1. The Labute approximate surface area is 137 Å². The number of rotatable bonds is 3. The fourth-order valence-corrected chi connectivity index (χ4v) is 3.56. The highest BCUT2D eigenvalue weighted by Crippen LogP contribution is 2.33. The first-order chi connectivity index (χ1) is 11.1. The van der Waals surface area contributed by atoms with Crippen molar-refractivity contribution in [3.63, 3.8) is 0 Å². The molecule has 1 heterocycles. The van der Waals surface area contributed by atoms with Gasteiger partial charge in [-0.2, -0.15) is 0 Å². The van der Waals surface area contributed by atoms with Crippen LogP contribution < -0.4 is 10.1 Å². The molecule has 2 fully saturated rings. The lowest BCUT2D eigenvalue weighted by molar-refractivity contribution is -0.134. The monoisotopic (exact) mass is 316 g/mol. The van der Waals surface area contributed by atoms with Gasteiger partial charge in [-0.05, 0) is 43.4 Å². The molecule has 1 aliphatic carbocycles. The van der Waals surface area contributed by atoms with Gasteiger partial charge in [0.15, 0.2) is 0 Å². The summed E-state index contributed by atoms with van der Waals surface area (Å²) in [4.78, 5) is 25.0. The third-order valence-electron chi connectivity index (χ3n) is 4.98. The third-order valence-corrected chi connectivity index (χ3v) is 4.98. The van der Waals surface area contributed by atoms with Gasteiger partial charge in [0.05, 0.1) is 6.04 Å². The van der Waals surface area contributed by atoms with Gasteiger partial charge in [0.2, 0.25) is 5.91 Å². The Bertz CT molecular complexity index is 578. The Morgan fingerprint density at radius 3 is 2.39 bits per heavy atom. The highest BCUT2D eigenvalue weighted by atomic mass is 16.6. The van der Waals surface area contributed by atoms with Gasteiger partial charge in [0, 0.05) is 7.05 Å². The van der Waals surface area contributed by atoms with Crippen LogP contribution in [0.3, 0.4) is 0 Å². The van der Waals surface area contributed by atoms with Crippen molar-refractivity contribution in [2.75, 3.05) is 7.05 Å². The van der Waals surface area contributed by atoms with E-state index in [-0.39, 0.29) is 11.9 Å². The Morgan fingerprint density at radius 2 is 1.83 bits per heavy atom. The highest BCUT2D eigenvalue weighted by molar-refractivity contribution is 5.92. The minimum absolute atomic E-state index is 0.0336. The van der Waals surface area contributed by atoms with Crippen molar-refractivity contribution < 1.29 is 14.3 Å². The van der Waals surface area contributed by atoms with Crippen LogP contribution in [-0.2, 0) is 4.79 Å². The number of carbonyl (C=O) groups is 2. The van der Waals surface area contributed by atoms with Gasteiger partial charge in [0.1, 0.15) is 11.8 Å². The molecule has 2 atom stereocenters. The molecule has 3 rings (SSSR count). The summed E-state index contributed by atoms with van der Waals surface area (Å²) in [6.07, 6.45) is 5.93. The van der Waals surface area contributed by atoms with Crippen LogP contribution in [-0.4, -0.2) is 36.0 Å². The molecule has 1 saturated heterocycles. The van der Waals surface area contributed by atoms with Crippen molar-refractivity contribution in [2.45, 2.75) is 57.0 Å². The molecular formula is C18H24N2O3. The Hall–Kier alpha value is -2.04. The van der Waals surface area contributed by atoms with Crippen LogP contribution in [0.5, 0.6) is 5.75 Å².